The number of carbonyl (C=O) groups excluding carboxylic acids is 1. The van der Waals surface area contributed by atoms with Gasteiger partial charge in [0.25, 0.3) is 5.91 Å². The highest BCUT2D eigenvalue weighted by molar-refractivity contribution is 7.14. The van der Waals surface area contributed by atoms with Crippen molar-refractivity contribution in [3.05, 3.63) is 57.0 Å². The number of aromatic nitrogens is 3. The number of carbonyl (C=O) groups is 1. The van der Waals surface area contributed by atoms with Gasteiger partial charge in [-0.15, -0.1) is 16.4 Å². The van der Waals surface area contributed by atoms with Crippen molar-refractivity contribution in [2.45, 2.75) is 13.8 Å². The SMILES string of the molecule is Cc1cc(C)c(C(=O)Nc2ccn(-c3ncccc3Cl)n2)s1. The highest BCUT2D eigenvalue weighted by Crippen LogP contribution is 2.22. The number of hydrogen-bond acceptors (Lipinski definition) is 4. The predicted molar refractivity (Wildman–Crippen MR) is 88.1 cm³/mol. The van der Waals surface area contributed by atoms with Crippen molar-refractivity contribution in [1.82, 2.24) is 14.8 Å². The van der Waals surface area contributed by atoms with Gasteiger partial charge in [0.05, 0.1) is 9.90 Å². The first-order valence-electron chi connectivity index (χ1n) is 6.59. The molecule has 1 amide bonds. The van der Waals surface area contributed by atoms with Gasteiger partial charge < -0.3 is 5.32 Å². The molecule has 3 rings (SSSR count). The van der Waals surface area contributed by atoms with Gasteiger partial charge in [-0.25, -0.2) is 9.67 Å². The van der Waals surface area contributed by atoms with Crippen molar-refractivity contribution in [2.75, 3.05) is 5.32 Å². The molecule has 5 nitrogen and oxygen atoms in total. The normalized spacial score (nSPS) is 10.7. The third-order valence-electron chi connectivity index (χ3n) is 3.03. The molecule has 0 atom stereocenters. The van der Waals surface area contributed by atoms with Crippen molar-refractivity contribution >= 4 is 34.7 Å². The van der Waals surface area contributed by atoms with E-state index in [0.29, 0.717) is 21.5 Å². The third-order valence-corrected chi connectivity index (χ3v) is 4.48. The van der Waals surface area contributed by atoms with E-state index in [1.165, 1.54) is 16.0 Å². The summed E-state index contributed by atoms with van der Waals surface area (Å²) in [5, 5.41) is 7.57. The van der Waals surface area contributed by atoms with E-state index in [4.69, 9.17) is 11.6 Å². The van der Waals surface area contributed by atoms with Gasteiger partial charge in [-0.05, 0) is 37.6 Å². The number of thiophene rings is 1. The lowest BCUT2D eigenvalue weighted by atomic mass is 10.2. The lowest BCUT2D eigenvalue weighted by Crippen LogP contribution is -2.12. The number of pyridine rings is 1. The van der Waals surface area contributed by atoms with Gasteiger partial charge >= 0.3 is 0 Å². The molecule has 0 saturated carbocycles. The monoisotopic (exact) mass is 332 g/mol. The molecule has 7 heteroatoms. The molecular formula is C15H13ClN4OS. The molecule has 0 unspecified atom stereocenters. The van der Waals surface area contributed by atoms with Crippen molar-refractivity contribution < 1.29 is 4.79 Å². The molecule has 0 aromatic carbocycles. The average molecular weight is 333 g/mol. The fraction of sp³-hybridized carbons (Fsp3) is 0.133. The fourth-order valence-corrected chi connectivity index (χ4v) is 3.22. The highest BCUT2D eigenvalue weighted by atomic mass is 35.5. The van der Waals surface area contributed by atoms with Gasteiger partial charge in [-0.3, -0.25) is 4.79 Å². The van der Waals surface area contributed by atoms with Crippen LogP contribution < -0.4 is 5.32 Å². The van der Waals surface area contributed by atoms with Crippen LogP contribution in [-0.4, -0.2) is 20.7 Å². The number of hydrogen-bond donors (Lipinski definition) is 1. The molecule has 0 aliphatic rings. The molecule has 22 heavy (non-hydrogen) atoms. The summed E-state index contributed by atoms with van der Waals surface area (Å²) in [5.41, 5.74) is 0.965. The molecule has 0 aliphatic heterocycles. The molecular weight excluding hydrogens is 320 g/mol. The summed E-state index contributed by atoms with van der Waals surface area (Å²) in [6, 6.07) is 7.19. The maximum absolute atomic E-state index is 12.3. The van der Waals surface area contributed by atoms with Crippen LogP contribution in [0.3, 0.4) is 0 Å². The fourth-order valence-electron chi connectivity index (χ4n) is 2.09. The van der Waals surface area contributed by atoms with Crippen LogP contribution in [0.2, 0.25) is 5.02 Å². The van der Waals surface area contributed by atoms with E-state index in [2.05, 4.69) is 15.4 Å². The Morgan fingerprint density at radius 2 is 2.18 bits per heavy atom. The lowest BCUT2D eigenvalue weighted by Gasteiger charge is -2.03. The predicted octanol–water partition coefficient (Wildman–Crippen LogP) is 3.85. The third kappa shape index (κ3) is 2.88. The Kier molecular flexibility index (Phi) is 3.96. The Bertz CT molecular complexity index is 840. The quantitative estimate of drug-likeness (QED) is 0.792. The second-order valence-electron chi connectivity index (χ2n) is 4.78. The topological polar surface area (TPSA) is 59.8 Å². The molecule has 3 heterocycles. The van der Waals surface area contributed by atoms with Gasteiger partial charge in [0.1, 0.15) is 0 Å². The number of nitrogens with zero attached hydrogens (tertiary/aromatic N) is 3. The summed E-state index contributed by atoms with van der Waals surface area (Å²) in [6.45, 7) is 3.90. The van der Waals surface area contributed by atoms with Crippen LogP contribution >= 0.6 is 22.9 Å². The Labute approximate surface area is 136 Å². The van der Waals surface area contributed by atoms with E-state index in [1.54, 1.807) is 30.6 Å². The number of rotatable bonds is 3. The van der Waals surface area contributed by atoms with Crippen LogP contribution in [0, 0.1) is 13.8 Å². The number of amides is 1. The standard InChI is InChI=1S/C15H13ClN4OS/c1-9-8-10(2)22-13(9)15(21)18-12-5-7-20(19-12)14-11(16)4-3-6-17-14/h3-8H,1-2H3,(H,18,19,21). The van der Waals surface area contributed by atoms with Crippen LogP contribution in [-0.2, 0) is 0 Å². The molecule has 112 valence electrons. The molecule has 1 N–H and O–H groups in total. The Balaban J connectivity index is 1.82. The van der Waals surface area contributed by atoms with E-state index < -0.39 is 0 Å². The lowest BCUT2D eigenvalue weighted by molar-refractivity contribution is 0.102. The Morgan fingerprint density at radius 3 is 2.86 bits per heavy atom. The van der Waals surface area contributed by atoms with E-state index in [-0.39, 0.29) is 5.91 Å². The first-order valence-corrected chi connectivity index (χ1v) is 7.79. The summed E-state index contributed by atoms with van der Waals surface area (Å²) in [7, 11) is 0. The summed E-state index contributed by atoms with van der Waals surface area (Å²) in [4.78, 5) is 18.2. The molecule has 3 aromatic heterocycles. The van der Waals surface area contributed by atoms with Gasteiger partial charge in [-0.1, -0.05) is 11.6 Å². The summed E-state index contributed by atoms with van der Waals surface area (Å²) in [5.74, 6) is 0.818. The van der Waals surface area contributed by atoms with Crippen LogP contribution in [0.25, 0.3) is 5.82 Å². The minimum atomic E-state index is -0.159. The second-order valence-corrected chi connectivity index (χ2v) is 6.44. The number of anilines is 1. The van der Waals surface area contributed by atoms with Crippen molar-refractivity contribution in [3.63, 3.8) is 0 Å². The summed E-state index contributed by atoms with van der Waals surface area (Å²) in [6.07, 6.45) is 3.34. The second kappa shape index (κ2) is 5.90. The van der Waals surface area contributed by atoms with Gasteiger partial charge in [-0.2, -0.15) is 0 Å². The van der Waals surface area contributed by atoms with Gasteiger partial charge in [0.15, 0.2) is 11.6 Å². The van der Waals surface area contributed by atoms with Crippen LogP contribution in [0.5, 0.6) is 0 Å². The smallest absolute Gasteiger partial charge is 0.267 e. The summed E-state index contributed by atoms with van der Waals surface area (Å²) < 4.78 is 1.53. The zero-order valence-electron chi connectivity index (χ0n) is 12.0. The molecule has 0 bridgehead atoms. The minimum Gasteiger partial charge on any atom is -0.304 e. The van der Waals surface area contributed by atoms with E-state index in [9.17, 15) is 4.79 Å². The maximum atomic E-state index is 12.3. The highest BCUT2D eigenvalue weighted by Gasteiger charge is 2.14. The van der Waals surface area contributed by atoms with E-state index in [0.717, 1.165) is 10.4 Å². The first kappa shape index (κ1) is 14.7. The molecule has 0 fully saturated rings. The zero-order valence-corrected chi connectivity index (χ0v) is 13.6. The zero-order chi connectivity index (χ0) is 15.7. The minimum absolute atomic E-state index is 0.159. The molecule has 0 aliphatic carbocycles. The molecule has 3 aromatic rings. The average Bonchev–Trinajstić information content (AvgIpc) is 3.06. The van der Waals surface area contributed by atoms with Gasteiger partial charge in [0, 0.05) is 23.3 Å². The molecule has 0 saturated heterocycles. The van der Waals surface area contributed by atoms with Crippen LogP contribution in [0.4, 0.5) is 5.82 Å². The Hall–Kier alpha value is -2.18. The molecule has 0 spiro atoms. The van der Waals surface area contributed by atoms with Gasteiger partial charge in [0.2, 0.25) is 0 Å². The van der Waals surface area contributed by atoms with Crippen LogP contribution in [0.15, 0.2) is 36.7 Å². The molecule has 0 radical (unpaired) electrons. The van der Waals surface area contributed by atoms with Crippen LogP contribution in [0.1, 0.15) is 20.1 Å². The van der Waals surface area contributed by atoms with Crippen molar-refractivity contribution in [1.29, 1.82) is 0 Å². The Morgan fingerprint density at radius 1 is 1.36 bits per heavy atom. The first-order chi connectivity index (χ1) is 10.5. The maximum Gasteiger partial charge on any atom is 0.267 e. The van der Waals surface area contributed by atoms with E-state index in [1.807, 2.05) is 19.9 Å². The van der Waals surface area contributed by atoms with E-state index >= 15 is 0 Å². The number of nitrogens with one attached hydrogen (secondary N) is 1. The van der Waals surface area contributed by atoms with Crippen molar-refractivity contribution in [3.8, 4) is 5.82 Å². The number of aryl methyl sites for hydroxylation is 2. The summed E-state index contributed by atoms with van der Waals surface area (Å²) >= 11 is 7.55. The largest absolute Gasteiger partial charge is 0.304 e. The number of halogens is 1. The van der Waals surface area contributed by atoms with Crippen molar-refractivity contribution in [2.24, 2.45) is 0 Å².